The Kier molecular flexibility index (Phi) is 7.08. The minimum absolute atomic E-state index is 0.146. The lowest BCUT2D eigenvalue weighted by Gasteiger charge is -2.34. The summed E-state index contributed by atoms with van der Waals surface area (Å²) in [5, 5.41) is 10.2. The van der Waals surface area contributed by atoms with Crippen molar-refractivity contribution in [1.82, 2.24) is 10.2 Å². The van der Waals surface area contributed by atoms with E-state index in [1.807, 2.05) is 0 Å². The van der Waals surface area contributed by atoms with E-state index in [1.165, 1.54) is 31.2 Å². The molecular weight excluding hydrogens is 452 g/mol. The maximum absolute atomic E-state index is 12.9. The molecule has 2 fully saturated rings. The topological polar surface area (TPSA) is 165 Å². The molecule has 3 rings (SSSR count). The van der Waals surface area contributed by atoms with Gasteiger partial charge in [0.05, 0.1) is 4.90 Å². The number of imide groups is 1. The van der Waals surface area contributed by atoms with E-state index >= 15 is 0 Å². The number of nitrogens with zero attached hydrogens (tertiary/aromatic N) is 1. The van der Waals surface area contributed by atoms with Crippen molar-refractivity contribution >= 4 is 39.5 Å². The highest BCUT2D eigenvalue weighted by molar-refractivity contribution is 7.89. The van der Waals surface area contributed by atoms with Gasteiger partial charge in [-0.25, -0.2) is 18.4 Å². The summed E-state index contributed by atoms with van der Waals surface area (Å²) in [5.74, 6) is -1.57. The first kappa shape index (κ1) is 24.6. The van der Waals surface area contributed by atoms with Crippen LogP contribution in [0.4, 0.5) is 10.5 Å². The van der Waals surface area contributed by atoms with E-state index in [2.05, 4.69) is 17.6 Å². The van der Waals surface area contributed by atoms with Gasteiger partial charge < -0.3 is 15.4 Å². The first-order chi connectivity index (χ1) is 15.4. The molecule has 1 aliphatic carbocycles. The molecule has 1 aromatic rings. The van der Waals surface area contributed by atoms with Crippen LogP contribution in [0.1, 0.15) is 46.0 Å². The van der Waals surface area contributed by atoms with Crippen LogP contribution >= 0.6 is 0 Å². The molecule has 1 saturated heterocycles. The molecule has 0 radical (unpaired) electrons. The predicted molar refractivity (Wildman–Crippen MR) is 117 cm³/mol. The lowest BCUT2D eigenvalue weighted by Crippen LogP contribution is -2.49. The van der Waals surface area contributed by atoms with Crippen LogP contribution in [0.5, 0.6) is 0 Å². The number of carbonyl (C=O) groups is 4. The highest BCUT2D eigenvalue weighted by atomic mass is 32.2. The van der Waals surface area contributed by atoms with Gasteiger partial charge in [0.1, 0.15) is 12.1 Å². The summed E-state index contributed by atoms with van der Waals surface area (Å²) in [7, 11) is -3.95. The second kappa shape index (κ2) is 9.48. The minimum atomic E-state index is -3.95. The number of rotatable bonds is 7. The van der Waals surface area contributed by atoms with Gasteiger partial charge in [-0.1, -0.05) is 19.4 Å². The van der Waals surface area contributed by atoms with Crippen molar-refractivity contribution < 1.29 is 32.3 Å². The lowest BCUT2D eigenvalue weighted by molar-refractivity contribution is -0.155. The number of anilines is 1. The van der Waals surface area contributed by atoms with E-state index < -0.39 is 52.0 Å². The summed E-state index contributed by atoms with van der Waals surface area (Å²) < 4.78 is 28.0. The monoisotopic (exact) mass is 480 g/mol. The zero-order valence-corrected chi connectivity index (χ0v) is 19.3. The van der Waals surface area contributed by atoms with E-state index in [4.69, 9.17) is 9.88 Å². The third-order valence-corrected chi connectivity index (χ3v) is 7.09. The SMILES string of the molecule is CCC1CCC2(CC1)NC(=O)N(CC(=O)OC(C)C(=O)Nc1cccc(S(N)(=O)=O)c1)C2=O. The Morgan fingerprint density at radius 3 is 2.58 bits per heavy atom. The summed E-state index contributed by atoms with van der Waals surface area (Å²) in [6, 6.07) is 4.63. The van der Waals surface area contributed by atoms with Crippen molar-refractivity contribution in [1.29, 1.82) is 0 Å². The molecule has 1 heterocycles. The summed E-state index contributed by atoms with van der Waals surface area (Å²) in [5.41, 5.74) is -0.825. The van der Waals surface area contributed by atoms with Gasteiger partial charge >= 0.3 is 12.0 Å². The molecule has 1 saturated carbocycles. The fourth-order valence-electron chi connectivity index (χ4n) is 4.15. The molecule has 2 aliphatic rings. The van der Waals surface area contributed by atoms with Crippen molar-refractivity contribution in [3.63, 3.8) is 0 Å². The van der Waals surface area contributed by atoms with Gasteiger partial charge in [-0.15, -0.1) is 0 Å². The van der Waals surface area contributed by atoms with Gasteiger partial charge in [-0.3, -0.25) is 19.3 Å². The standard InChI is InChI=1S/C21H28N4O7S/c1-3-14-7-9-21(10-8-14)19(28)25(20(29)24-21)12-17(26)32-13(2)18(27)23-15-5-4-6-16(11-15)33(22,30)31/h4-6,11,13-14H,3,7-10,12H2,1-2H3,(H,23,27)(H,24,29)(H2,22,30,31). The molecule has 11 nitrogen and oxygen atoms in total. The molecule has 1 aliphatic heterocycles. The van der Waals surface area contributed by atoms with Gasteiger partial charge in [0, 0.05) is 5.69 Å². The summed E-state index contributed by atoms with van der Waals surface area (Å²) in [4.78, 5) is 50.6. The summed E-state index contributed by atoms with van der Waals surface area (Å²) >= 11 is 0. The molecule has 4 N–H and O–H groups in total. The van der Waals surface area contributed by atoms with Gasteiger partial charge in [0.15, 0.2) is 6.10 Å². The van der Waals surface area contributed by atoms with E-state index in [9.17, 15) is 27.6 Å². The highest BCUT2D eigenvalue weighted by Crippen LogP contribution is 2.37. The number of carbonyl (C=O) groups excluding carboxylic acids is 4. The minimum Gasteiger partial charge on any atom is -0.451 e. The normalized spacial score (nSPS) is 23.8. The number of hydrogen-bond donors (Lipinski definition) is 3. The van der Waals surface area contributed by atoms with Crippen molar-refractivity contribution in [2.75, 3.05) is 11.9 Å². The fraction of sp³-hybridized carbons (Fsp3) is 0.524. The van der Waals surface area contributed by atoms with Crippen LogP contribution in [0, 0.1) is 5.92 Å². The number of sulfonamides is 1. The summed E-state index contributed by atoms with van der Waals surface area (Å²) in [6.07, 6.45) is 2.46. The molecule has 180 valence electrons. The highest BCUT2D eigenvalue weighted by Gasteiger charge is 2.52. The maximum atomic E-state index is 12.9. The Morgan fingerprint density at radius 1 is 1.30 bits per heavy atom. The fourth-order valence-corrected chi connectivity index (χ4v) is 4.71. The second-order valence-electron chi connectivity index (χ2n) is 8.45. The summed E-state index contributed by atoms with van der Waals surface area (Å²) in [6.45, 7) is 2.80. The number of benzene rings is 1. The predicted octanol–water partition coefficient (Wildman–Crippen LogP) is 1.10. The van der Waals surface area contributed by atoms with Crippen LogP contribution in [-0.2, 0) is 29.1 Å². The Balaban J connectivity index is 1.56. The van der Waals surface area contributed by atoms with Gasteiger partial charge in [-0.05, 0) is 56.7 Å². The molecule has 1 aromatic carbocycles. The quantitative estimate of drug-likeness (QED) is 0.388. The van der Waals surface area contributed by atoms with Crippen molar-refractivity contribution in [2.24, 2.45) is 11.1 Å². The number of nitrogens with two attached hydrogens (primary N) is 1. The average Bonchev–Trinajstić information content (AvgIpc) is 2.97. The molecule has 12 heteroatoms. The lowest BCUT2D eigenvalue weighted by atomic mass is 9.75. The van der Waals surface area contributed by atoms with E-state index in [-0.39, 0.29) is 10.6 Å². The number of hydrogen-bond acceptors (Lipinski definition) is 7. The van der Waals surface area contributed by atoms with Crippen LogP contribution in [0.15, 0.2) is 29.2 Å². The molecule has 1 atom stereocenters. The average molecular weight is 481 g/mol. The Bertz CT molecular complexity index is 1060. The number of amides is 4. The Labute approximate surface area is 192 Å². The zero-order chi connectivity index (χ0) is 24.4. The number of urea groups is 1. The number of primary sulfonamides is 1. The number of nitrogens with one attached hydrogen (secondary N) is 2. The van der Waals surface area contributed by atoms with Crippen LogP contribution in [0.25, 0.3) is 0 Å². The van der Waals surface area contributed by atoms with Gasteiger partial charge in [0.2, 0.25) is 10.0 Å². The Hall–Kier alpha value is -2.99. The van der Waals surface area contributed by atoms with Crippen LogP contribution in [-0.4, -0.2) is 55.3 Å². The van der Waals surface area contributed by atoms with E-state index in [0.29, 0.717) is 18.8 Å². The van der Waals surface area contributed by atoms with E-state index in [1.54, 1.807) is 0 Å². The first-order valence-corrected chi connectivity index (χ1v) is 12.3. The van der Waals surface area contributed by atoms with Crippen molar-refractivity contribution in [2.45, 2.75) is 62.5 Å². The van der Waals surface area contributed by atoms with E-state index in [0.717, 1.165) is 24.2 Å². The molecule has 33 heavy (non-hydrogen) atoms. The third-order valence-electron chi connectivity index (χ3n) is 6.18. The van der Waals surface area contributed by atoms with Gasteiger partial charge in [-0.2, -0.15) is 0 Å². The third kappa shape index (κ3) is 5.50. The van der Waals surface area contributed by atoms with Gasteiger partial charge in [0.25, 0.3) is 11.8 Å². The van der Waals surface area contributed by atoms with Crippen LogP contribution in [0.2, 0.25) is 0 Å². The molecule has 0 bridgehead atoms. The number of ether oxygens (including phenoxy) is 1. The number of esters is 1. The van der Waals surface area contributed by atoms with Crippen molar-refractivity contribution in [3.8, 4) is 0 Å². The van der Waals surface area contributed by atoms with Crippen molar-refractivity contribution in [3.05, 3.63) is 24.3 Å². The molecule has 4 amide bonds. The molecule has 1 spiro atoms. The Morgan fingerprint density at radius 2 is 1.97 bits per heavy atom. The molecule has 1 unspecified atom stereocenters. The maximum Gasteiger partial charge on any atom is 0.327 e. The second-order valence-corrected chi connectivity index (χ2v) is 10.0. The molecular formula is C21H28N4O7S. The molecule has 0 aromatic heterocycles. The van der Waals surface area contributed by atoms with Crippen LogP contribution in [0.3, 0.4) is 0 Å². The first-order valence-electron chi connectivity index (χ1n) is 10.7. The smallest absolute Gasteiger partial charge is 0.327 e. The zero-order valence-electron chi connectivity index (χ0n) is 18.5. The van der Waals surface area contributed by atoms with Crippen LogP contribution < -0.4 is 15.8 Å². The largest absolute Gasteiger partial charge is 0.451 e.